The summed E-state index contributed by atoms with van der Waals surface area (Å²) in [6, 6.07) is 23.6. The van der Waals surface area contributed by atoms with Gasteiger partial charge in [-0.2, -0.15) is 22.0 Å². The Morgan fingerprint density at radius 1 is 0.805 bits per heavy atom. The second-order valence-corrected chi connectivity index (χ2v) is 11.8. The fourth-order valence-electron chi connectivity index (χ4n) is 5.00. The van der Waals surface area contributed by atoms with Crippen LogP contribution in [0.15, 0.2) is 72.8 Å². The maximum absolute atomic E-state index is 13.0. The lowest BCUT2D eigenvalue weighted by molar-refractivity contribution is -0.284. The smallest absolute Gasteiger partial charge is 0.453 e. The van der Waals surface area contributed by atoms with Gasteiger partial charge in [0.25, 0.3) is 0 Å². The van der Waals surface area contributed by atoms with Crippen LogP contribution in [0.2, 0.25) is 0 Å². The molecular weight excluding hydrogens is 559 g/mol. The summed E-state index contributed by atoms with van der Waals surface area (Å²) in [6.45, 7) is 0.364. The van der Waals surface area contributed by atoms with Gasteiger partial charge in [-0.05, 0) is 96.2 Å². The van der Waals surface area contributed by atoms with Crippen molar-refractivity contribution in [2.45, 2.75) is 57.0 Å². The highest BCUT2D eigenvalue weighted by molar-refractivity contribution is 7.84. The first-order chi connectivity index (χ1) is 19.5. The van der Waals surface area contributed by atoms with E-state index in [1.807, 2.05) is 54.6 Å². The van der Waals surface area contributed by atoms with Gasteiger partial charge in [0, 0.05) is 28.7 Å². The quantitative estimate of drug-likeness (QED) is 0.169. The van der Waals surface area contributed by atoms with Crippen LogP contribution in [0, 0.1) is 0 Å². The molecule has 0 radical (unpaired) electrons. The van der Waals surface area contributed by atoms with Crippen LogP contribution >= 0.6 is 0 Å². The van der Waals surface area contributed by atoms with Crippen LogP contribution in [-0.2, 0) is 17.2 Å². The topological polar surface area (TPSA) is 46.5 Å². The number of rotatable bonds is 12. The van der Waals surface area contributed by atoms with Gasteiger partial charge in [0.1, 0.15) is 11.5 Å². The number of ether oxygens (including phenoxy) is 1. The van der Waals surface area contributed by atoms with Crippen LogP contribution < -0.4 is 4.74 Å². The van der Waals surface area contributed by atoms with Gasteiger partial charge < -0.3 is 9.84 Å². The summed E-state index contributed by atoms with van der Waals surface area (Å²) in [5, 5.41) is 10.1. The zero-order chi connectivity index (χ0) is 29.5. The van der Waals surface area contributed by atoms with Crippen LogP contribution in [0.5, 0.6) is 11.5 Å². The zero-order valence-corrected chi connectivity index (χ0v) is 23.4. The van der Waals surface area contributed by atoms with E-state index in [-0.39, 0.29) is 17.3 Å². The Labute approximate surface area is 239 Å². The summed E-state index contributed by atoms with van der Waals surface area (Å²) < 4.78 is 80.4. The molecule has 0 fully saturated rings. The molecule has 4 rings (SSSR count). The first kappa shape index (κ1) is 30.8. The number of hydrogen-bond acceptors (Lipinski definition) is 3. The van der Waals surface area contributed by atoms with Crippen molar-refractivity contribution in [3.8, 4) is 11.5 Å². The van der Waals surface area contributed by atoms with E-state index >= 15 is 0 Å². The number of hydrogen-bond donors (Lipinski definition) is 1. The molecule has 0 aliphatic heterocycles. The van der Waals surface area contributed by atoms with Crippen molar-refractivity contribution in [2.75, 3.05) is 18.1 Å². The van der Waals surface area contributed by atoms with Crippen molar-refractivity contribution in [1.82, 2.24) is 0 Å². The molecule has 3 nitrogen and oxygen atoms in total. The lowest BCUT2D eigenvalue weighted by atomic mass is 9.88. The molecule has 1 unspecified atom stereocenters. The summed E-state index contributed by atoms with van der Waals surface area (Å²) in [6.07, 6.45) is -3.54. The summed E-state index contributed by atoms with van der Waals surface area (Å²) >= 11 is 0. The molecule has 0 spiro atoms. The molecule has 0 saturated heterocycles. The molecule has 0 saturated carbocycles. The molecule has 9 heteroatoms. The molecule has 41 heavy (non-hydrogen) atoms. The molecular formula is C32H33F5O3S. The number of allylic oxidation sites excluding steroid dienone is 1. The van der Waals surface area contributed by atoms with Crippen LogP contribution in [0.1, 0.15) is 60.8 Å². The molecule has 1 aliphatic carbocycles. The Morgan fingerprint density at radius 2 is 1.51 bits per heavy atom. The van der Waals surface area contributed by atoms with E-state index in [4.69, 9.17) is 4.74 Å². The minimum Gasteiger partial charge on any atom is -0.508 e. The second-order valence-electron chi connectivity index (χ2n) is 10.1. The summed E-state index contributed by atoms with van der Waals surface area (Å²) in [5.74, 6) is -3.78. The number of unbranched alkanes of at least 4 members (excludes halogenated alkanes) is 1. The Balaban J connectivity index is 1.34. The number of aromatic hydroxyl groups is 1. The second kappa shape index (κ2) is 13.6. The third-order valence-electron chi connectivity index (χ3n) is 7.11. The first-order valence-electron chi connectivity index (χ1n) is 13.7. The number of benzene rings is 3. The van der Waals surface area contributed by atoms with Crippen LogP contribution in [0.3, 0.4) is 0 Å². The Morgan fingerprint density at radius 3 is 2.22 bits per heavy atom. The van der Waals surface area contributed by atoms with Crippen LogP contribution in [0.4, 0.5) is 22.0 Å². The van der Waals surface area contributed by atoms with E-state index in [1.165, 1.54) is 5.57 Å². The minimum atomic E-state index is -5.57. The molecule has 1 atom stereocenters. The number of halogens is 5. The van der Waals surface area contributed by atoms with Gasteiger partial charge >= 0.3 is 12.1 Å². The number of fused-ring (bicyclic) bond motifs is 1. The molecule has 220 valence electrons. The fourth-order valence-corrected chi connectivity index (χ4v) is 6.20. The van der Waals surface area contributed by atoms with Crippen LogP contribution in [-0.4, -0.2) is 39.5 Å². The highest BCUT2D eigenvalue weighted by atomic mass is 32.2. The van der Waals surface area contributed by atoms with E-state index in [2.05, 4.69) is 12.1 Å². The van der Waals surface area contributed by atoms with E-state index in [0.29, 0.717) is 25.2 Å². The lowest BCUT2D eigenvalue weighted by Crippen LogP contribution is -2.36. The fraction of sp³-hybridized carbons (Fsp3) is 0.375. The molecule has 1 aliphatic rings. The van der Waals surface area contributed by atoms with Crippen molar-refractivity contribution >= 4 is 21.9 Å². The van der Waals surface area contributed by atoms with Crippen molar-refractivity contribution in [2.24, 2.45) is 0 Å². The third-order valence-corrected chi connectivity index (χ3v) is 8.60. The summed E-state index contributed by atoms with van der Waals surface area (Å²) in [4.78, 5) is 0. The molecule has 0 aromatic heterocycles. The summed E-state index contributed by atoms with van der Waals surface area (Å²) in [7, 11) is -1.45. The highest BCUT2D eigenvalue weighted by Gasteiger charge is 2.56. The Bertz CT molecular complexity index is 1350. The van der Waals surface area contributed by atoms with E-state index in [1.54, 1.807) is 6.07 Å². The maximum atomic E-state index is 13.0. The largest absolute Gasteiger partial charge is 0.508 e. The maximum Gasteiger partial charge on any atom is 0.453 e. The van der Waals surface area contributed by atoms with Gasteiger partial charge in [0.15, 0.2) is 0 Å². The number of phenolic OH excluding ortho intramolecular Hbond substituents is 1. The molecule has 0 amide bonds. The van der Waals surface area contributed by atoms with Gasteiger partial charge in [-0.25, -0.2) is 0 Å². The van der Waals surface area contributed by atoms with Crippen molar-refractivity contribution in [3.05, 3.63) is 95.1 Å². The van der Waals surface area contributed by atoms with Crippen LogP contribution in [0.25, 0.3) is 11.1 Å². The van der Waals surface area contributed by atoms with Gasteiger partial charge in [-0.3, -0.25) is 4.21 Å². The van der Waals surface area contributed by atoms with Crippen molar-refractivity contribution in [1.29, 1.82) is 0 Å². The number of alkyl halides is 5. The Kier molecular flexibility index (Phi) is 10.2. The van der Waals surface area contributed by atoms with Gasteiger partial charge in [-0.1, -0.05) is 48.5 Å². The predicted octanol–water partition coefficient (Wildman–Crippen LogP) is 8.57. The normalized spacial score (nSPS) is 14.9. The summed E-state index contributed by atoms with van der Waals surface area (Å²) in [5.41, 5.74) is 6.79. The molecule has 0 bridgehead atoms. The average Bonchev–Trinajstić information content (AvgIpc) is 3.12. The number of phenols is 1. The van der Waals surface area contributed by atoms with E-state index in [9.17, 15) is 31.3 Å². The first-order valence-corrected chi connectivity index (χ1v) is 15.2. The number of aryl methyl sites for hydroxylation is 1. The van der Waals surface area contributed by atoms with Gasteiger partial charge in [0.05, 0.1) is 6.61 Å². The van der Waals surface area contributed by atoms with Gasteiger partial charge in [0.2, 0.25) is 0 Å². The molecule has 3 aromatic carbocycles. The third kappa shape index (κ3) is 8.18. The average molecular weight is 593 g/mol. The predicted molar refractivity (Wildman–Crippen MR) is 153 cm³/mol. The minimum absolute atomic E-state index is 0.183. The molecule has 0 heterocycles. The van der Waals surface area contributed by atoms with Crippen molar-refractivity contribution in [3.63, 3.8) is 0 Å². The molecule has 1 N–H and O–H groups in total. The van der Waals surface area contributed by atoms with Gasteiger partial charge in [-0.15, -0.1) is 0 Å². The van der Waals surface area contributed by atoms with Crippen molar-refractivity contribution < 1.29 is 36.0 Å². The standard InChI is InChI=1S/C32H33F5O3S/c33-31(34,32(35,36)37)18-7-21-41(39)20-5-4-19-40-27-15-12-24(13-16-27)30-28(23-8-2-1-3-9-23)11-6-10-25-22-26(38)14-17-29(25)30/h1-3,8-9,12-17,22,38H,4-7,10-11,18-21H2. The zero-order valence-electron chi connectivity index (χ0n) is 22.6. The Hall–Kier alpha value is -3.20. The monoisotopic (exact) mass is 592 g/mol. The lowest BCUT2D eigenvalue weighted by Gasteiger charge is -2.19. The van der Waals surface area contributed by atoms with E-state index < -0.39 is 35.7 Å². The van der Waals surface area contributed by atoms with E-state index in [0.717, 1.165) is 47.1 Å². The molecule has 3 aromatic rings. The SMILES string of the molecule is O=S(CCCCOc1ccc(C2=C(c3ccccc3)CCCc3cc(O)ccc32)cc1)CCCC(F)(F)C(F)(F)F. The highest BCUT2D eigenvalue weighted by Crippen LogP contribution is 2.41.